The molecular formula is C14H22FN3O. The third-order valence-corrected chi connectivity index (χ3v) is 2.61. The van der Waals surface area contributed by atoms with Crippen molar-refractivity contribution < 1.29 is 9.18 Å². The highest BCUT2D eigenvalue weighted by Gasteiger charge is 2.01. The van der Waals surface area contributed by atoms with E-state index in [1.165, 1.54) is 12.1 Å². The third kappa shape index (κ3) is 7.41. The first kappa shape index (κ1) is 15.4. The van der Waals surface area contributed by atoms with Gasteiger partial charge in [0.05, 0.1) is 0 Å². The zero-order chi connectivity index (χ0) is 14.1. The summed E-state index contributed by atoms with van der Waals surface area (Å²) < 4.78 is 12.9. The molecule has 0 aromatic heterocycles. The molecule has 0 heterocycles. The van der Waals surface area contributed by atoms with Gasteiger partial charge in [0.2, 0.25) is 5.91 Å². The lowest BCUT2D eigenvalue weighted by Crippen LogP contribution is -2.28. The van der Waals surface area contributed by atoms with E-state index in [1.807, 2.05) is 14.1 Å². The van der Waals surface area contributed by atoms with Gasteiger partial charge in [-0.15, -0.1) is 0 Å². The summed E-state index contributed by atoms with van der Waals surface area (Å²) in [5.74, 6) is -0.263. The van der Waals surface area contributed by atoms with Crippen LogP contribution in [0, 0.1) is 5.82 Å². The molecule has 5 heteroatoms. The van der Waals surface area contributed by atoms with Crippen molar-refractivity contribution in [2.45, 2.75) is 12.8 Å². The van der Waals surface area contributed by atoms with E-state index in [0.29, 0.717) is 25.2 Å². The second kappa shape index (κ2) is 8.48. The topological polar surface area (TPSA) is 44.4 Å². The molecule has 1 aromatic rings. The van der Waals surface area contributed by atoms with Gasteiger partial charge in [0.15, 0.2) is 0 Å². The maximum absolute atomic E-state index is 12.9. The minimum Gasteiger partial charge on any atom is -0.384 e. The Morgan fingerprint density at radius 1 is 1.32 bits per heavy atom. The molecule has 0 spiro atoms. The minimum absolute atomic E-state index is 0.0164. The zero-order valence-electron chi connectivity index (χ0n) is 11.6. The van der Waals surface area contributed by atoms with Crippen LogP contribution in [0.25, 0.3) is 0 Å². The molecule has 0 saturated carbocycles. The van der Waals surface area contributed by atoms with Gasteiger partial charge >= 0.3 is 0 Å². The van der Waals surface area contributed by atoms with Crippen molar-refractivity contribution in [1.82, 2.24) is 10.2 Å². The van der Waals surface area contributed by atoms with Crippen molar-refractivity contribution in [3.8, 4) is 0 Å². The smallest absolute Gasteiger partial charge is 0.221 e. The van der Waals surface area contributed by atoms with Gasteiger partial charge in [-0.05, 0) is 45.3 Å². The normalized spacial score (nSPS) is 10.5. The van der Waals surface area contributed by atoms with Gasteiger partial charge in [-0.3, -0.25) is 4.79 Å². The molecule has 0 aliphatic carbocycles. The minimum atomic E-state index is -0.280. The number of carbonyl (C=O) groups excluding carboxylic acids is 1. The fourth-order valence-corrected chi connectivity index (χ4v) is 1.63. The number of nitrogens with one attached hydrogen (secondary N) is 2. The first-order valence-corrected chi connectivity index (χ1v) is 6.49. The molecule has 4 nitrogen and oxygen atoms in total. The van der Waals surface area contributed by atoms with Crippen LogP contribution in [0.3, 0.4) is 0 Å². The van der Waals surface area contributed by atoms with Gasteiger partial charge in [-0.2, -0.15) is 0 Å². The van der Waals surface area contributed by atoms with Crippen LogP contribution in [0.5, 0.6) is 0 Å². The summed E-state index contributed by atoms with van der Waals surface area (Å²) in [6.45, 7) is 2.15. The van der Waals surface area contributed by atoms with Crippen molar-refractivity contribution in [3.05, 3.63) is 30.1 Å². The number of benzene rings is 1. The molecule has 0 saturated heterocycles. The number of nitrogens with zero attached hydrogens (tertiary/aromatic N) is 1. The van der Waals surface area contributed by atoms with E-state index in [2.05, 4.69) is 15.5 Å². The highest BCUT2D eigenvalue weighted by atomic mass is 19.1. The Balaban J connectivity index is 2.10. The summed E-state index contributed by atoms with van der Waals surface area (Å²) in [7, 11) is 4.01. The average molecular weight is 267 g/mol. The summed E-state index contributed by atoms with van der Waals surface area (Å²) in [6, 6.07) is 6.22. The molecule has 0 fully saturated rings. The van der Waals surface area contributed by atoms with Crippen molar-refractivity contribution in [3.63, 3.8) is 0 Å². The monoisotopic (exact) mass is 267 g/mol. The molecule has 0 aliphatic heterocycles. The standard InChI is InChI=1S/C14H22FN3O/c1-18(2)10-4-8-17-14(19)7-9-16-13-6-3-5-12(15)11-13/h3,5-6,11,16H,4,7-10H2,1-2H3,(H,17,19). The van der Waals surface area contributed by atoms with Crippen LogP contribution in [0.2, 0.25) is 0 Å². The SMILES string of the molecule is CN(C)CCCNC(=O)CCNc1cccc(F)c1. The van der Waals surface area contributed by atoms with E-state index in [0.717, 1.165) is 13.0 Å². The molecule has 0 radical (unpaired) electrons. The predicted octanol–water partition coefficient (Wildman–Crippen LogP) is 1.70. The van der Waals surface area contributed by atoms with Gasteiger partial charge in [-0.1, -0.05) is 6.07 Å². The maximum Gasteiger partial charge on any atom is 0.221 e. The van der Waals surface area contributed by atoms with Gasteiger partial charge in [0, 0.05) is 25.2 Å². The number of halogens is 1. The number of amides is 1. The third-order valence-electron chi connectivity index (χ3n) is 2.61. The molecular weight excluding hydrogens is 245 g/mol. The van der Waals surface area contributed by atoms with Crippen LogP contribution in [-0.2, 0) is 4.79 Å². The average Bonchev–Trinajstić information content (AvgIpc) is 2.34. The lowest BCUT2D eigenvalue weighted by Gasteiger charge is -2.10. The number of hydrogen-bond acceptors (Lipinski definition) is 3. The van der Waals surface area contributed by atoms with E-state index in [1.54, 1.807) is 12.1 Å². The van der Waals surface area contributed by atoms with Crippen LogP contribution in [0.1, 0.15) is 12.8 Å². The Morgan fingerprint density at radius 3 is 2.79 bits per heavy atom. The highest BCUT2D eigenvalue weighted by molar-refractivity contribution is 5.76. The molecule has 106 valence electrons. The molecule has 0 unspecified atom stereocenters. The summed E-state index contributed by atoms with van der Waals surface area (Å²) in [6.07, 6.45) is 1.33. The van der Waals surface area contributed by atoms with E-state index in [4.69, 9.17) is 0 Å². The highest BCUT2D eigenvalue weighted by Crippen LogP contribution is 2.08. The molecule has 0 atom stereocenters. The number of hydrogen-bond donors (Lipinski definition) is 2. The van der Waals surface area contributed by atoms with Crippen LogP contribution in [0.4, 0.5) is 10.1 Å². The Labute approximate surface area is 114 Å². The number of rotatable bonds is 8. The van der Waals surface area contributed by atoms with E-state index < -0.39 is 0 Å². The number of carbonyl (C=O) groups is 1. The van der Waals surface area contributed by atoms with Gasteiger partial charge < -0.3 is 15.5 Å². The Bertz CT molecular complexity index is 396. The van der Waals surface area contributed by atoms with Crippen molar-refractivity contribution in [2.75, 3.05) is 39.0 Å². The lowest BCUT2D eigenvalue weighted by molar-refractivity contribution is -0.120. The van der Waals surface area contributed by atoms with Crippen LogP contribution >= 0.6 is 0 Å². The van der Waals surface area contributed by atoms with E-state index in [-0.39, 0.29) is 11.7 Å². The predicted molar refractivity (Wildman–Crippen MR) is 75.7 cm³/mol. The van der Waals surface area contributed by atoms with Crippen LogP contribution in [0.15, 0.2) is 24.3 Å². The van der Waals surface area contributed by atoms with Crippen molar-refractivity contribution >= 4 is 11.6 Å². The first-order chi connectivity index (χ1) is 9.08. The Hall–Kier alpha value is -1.62. The van der Waals surface area contributed by atoms with Crippen LogP contribution < -0.4 is 10.6 Å². The summed E-state index contributed by atoms with van der Waals surface area (Å²) in [5.41, 5.74) is 0.695. The van der Waals surface area contributed by atoms with Crippen molar-refractivity contribution in [1.29, 1.82) is 0 Å². The molecule has 2 N–H and O–H groups in total. The molecule has 1 amide bonds. The Kier molecular flexibility index (Phi) is 6.89. The van der Waals surface area contributed by atoms with Gasteiger partial charge in [0.1, 0.15) is 5.82 Å². The molecule has 1 rings (SSSR count). The summed E-state index contributed by atoms with van der Waals surface area (Å²) >= 11 is 0. The largest absolute Gasteiger partial charge is 0.384 e. The molecule has 19 heavy (non-hydrogen) atoms. The first-order valence-electron chi connectivity index (χ1n) is 6.49. The van der Waals surface area contributed by atoms with Gasteiger partial charge in [-0.25, -0.2) is 4.39 Å². The molecule has 0 aliphatic rings. The second-order valence-electron chi connectivity index (χ2n) is 4.69. The van der Waals surface area contributed by atoms with Crippen molar-refractivity contribution in [2.24, 2.45) is 0 Å². The van der Waals surface area contributed by atoms with Gasteiger partial charge in [0.25, 0.3) is 0 Å². The second-order valence-corrected chi connectivity index (χ2v) is 4.69. The van der Waals surface area contributed by atoms with E-state index >= 15 is 0 Å². The molecule has 1 aromatic carbocycles. The number of anilines is 1. The summed E-state index contributed by atoms with van der Waals surface area (Å²) in [4.78, 5) is 13.6. The Morgan fingerprint density at radius 2 is 2.11 bits per heavy atom. The maximum atomic E-state index is 12.9. The fourth-order valence-electron chi connectivity index (χ4n) is 1.63. The summed E-state index contributed by atoms with van der Waals surface area (Å²) in [5, 5.41) is 5.87. The molecule has 0 bridgehead atoms. The fraction of sp³-hybridized carbons (Fsp3) is 0.500. The van der Waals surface area contributed by atoms with E-state index in [9.17, 15) is 9.18 Å². The van der Waals surface area contributed by atoms with Crippen LogP contribution in [-0.4, -0.2) is 44.5 Å². The zero-order valence-corrected chi connectivity index (χ0v) is 11.6. The quantitative estimate of drug-likeness (QED) is 0.705. The lowest BCUT2D eigenvalue weighted by atomic mass is 10.3.